The molecule has 0 aliphatic carbocycles. The number of carbonyl (C=O) groups is 2. The van der Waals surface area contributed by atoms with Crippen LogP contribution in [-0.4, -0.2) is 18.4 Å². The fourth-order valence-corrected chi connectivity index (χ4v) is 2.27. The Kier molecular flexibility index (Phi) is 6.07. The Morgan fingerprint density at radius 2 is 1.71 bits per heavy atom. The monoisotopic (exact) mass is 328 g/mol. The van der Waals surface area contributed by atoms with Crippen molar-refractivity contribution in [3.63, 3.8) is 0 Å². The van der Waals surface area contributed by atoms with Crippen LogP contribution in [0.4, 0.5) is 10.1 Å². The number of benzene rings is 2. The van der Waals surface area contributed by atoms with E-state index >= 15 is 0 Å². The van der Waals surface area contributed by atoms with Gasteiger partial charge in [-0.2, -0.15) is 0 Å². The number of rotatable bonds is 6. The summed E-state index contributed by atoms with van der Waals surface area (Å²) < 4.78 is 12.8. The van der Waals surface area contributed by atoms with Crippen LogP contribution in [0.2, 0.25) is 0 Å². The number of carbonyl (C=O) groups excluding carboxylic acids is 2. The van der Waals surface area contributed by atoms with Gasteiger partial charge < -0.3 is 10.6 Å². The molecule has 0 bridgehead atoms. The van der Waals surface area contributed by atoms with Gasteiger partial charge in [-0.3, -0.25) is 9.59 Å². The second-order valence-electron chi connectivity index (χ2n) is 5.77. The number of hydrogen-bond acceptors (Lipinski definition) is 2. The predicted octanol–water partition coefficient (Wildman–Crippen LogP) is 3.13. The van der Waals surface area contributed by atoms with Gasteiger partial charge in [0.1, 0.15) is 12.2 Å². The van der Waals surface area contributed by atoms with Gasteiger partial charge in [0.05, 0.1) is 0 Å². The number of halogens is 1. The molecule has 0 aromatic heterocycles. The molecule has 2 N–H and O–H groups in total. The zero-order chi connectivity index (χ0) is 17.5. The van der Waals surface area contributed by atoms with Gasteiger partial charge in [0.25, 0.3) is 0 Å². The van der Waals surface area contributed by atoms with Crippen molar-refractivity contribution < 1.29 is 14.0 Å². The number of anilines is 1. The molecule has 2 amide bonds. The van der Waals surface area contributed by atoms with E-state index in [0.717, 1.165) is 22.4 Å². The Morgan fingerprint density at radius 1 is 1.00 bits per heavy atom. The molecular weight excluding hydrogens is 307 g/mol. The lowest BCUT2D eigenvalue weighted by atomic mass is 10.1. The van der Waals surface area contributed by atoms with Gasteiger partial charge in [-0.05, 0) is 55.2 Å². The molecule has 5 heteroatoms. The highest BCUT2D eigenvalue weighted by atomic mass is 19.1. The molecule has 0 aliphatic rings. The normalized spacial score (nSPS) is 10.3. The van der Waals surface area contributed by atoms with Crippen LogP contribution < -0.4 is 10.6 Å². The number of nitrogens with one attached hydrogen (secondary N) is 2. The van der Waals surface area contributed by atoms with Gasteiger partial charge in [-0.1, -0.05) is 24.3 Å². The van der Waals surface area contributed by atoms with Crippen molar-refractivity contribution in [2.24, 2.45) is 0 Å². The van der Waals surface area contributed by atoms with Gasteiger partial charge in [0.2, 0.25) is 11.8 Å². The van der Waals surface area contributed by atoms with Crippen molar-refractivity contribution in [1.82, 2.24) is 5.32 Å². The summed E-state index contributed by atoms with van der Waals surface area (Å²) in [6, 6.07) is 11.9. The Labute approximate surface area is 141 Å². The Balaban J connectivity index is 1.76. The summed E-state index contributed by atoms with van der Waals surface area (Å²) in [7, 11) is 0. The number of amides is 2. The lowest BCUT2D eigenvalue weighted by molar-refractivity contribution is -0.126. The lowest BCUT2D eigenvalue weighted by Gasteiger charge is -2.10. The minimum atomic E-state index is -0.344. The fraction of sp³-hybridized carbons (Fsp3) is 0.263. The molecule has 0 aliphatic heterocycles. The van der Waals surface area contributed by atoms with E-state index in [1.807, 2.05) is 32.0 Å². The van der Waals surface area contributed by atoms with Crippen molar-refractivity contribution in [3.8, 4) is 0 Å². The maximum Gasteiger partial charge on any atom is 0.233 e. The van der Waals surface area contributed by atoms with Crippen molar-refractivity contribution in [2.75, 3.05) is 11.9 Å². The highest BCUT2D eigenvalue weighted by Crippen LogP contribution is 2.16. The summed E-state index contributed by atoms with van der Waals surface area (Å²) in [4.78, 5) is 23.8. The van der Waals surface area contributed by atoms with Crippen LogP contribution in [0.1, 0.15) is 23.1 Å². The standard InChI is InChI=1S/C19H21FN2O2/c1-13-3-4-14(2)17(11-13)22-19(24)12-18(23)21-10-9-15-5-7-16(20)8-6-15/h3-8,11H,9-10,12H2,1-2H3,(H,21,23)(H,22,24). The minimum absolute atomic E-state index is 0.225. The van der Waals surface area contributed by atoms with E-state index in [1.165, 1.54) is 12.1 Å². The van der Waals surface area contributed by atoms with Crippen LogP contribution in [-0.2, 0) is 16.0 Å². The summed E-state index contributed by atoms with van der Waals surface area (Å²) in [5.74, 6) is -0.964. The van der Waals surface area contributed by atoms with Crippen molar-refractivity contribution in [1.29, 1.82) is 0 Å². The smallest absolute Gasteiger partial charge is 0.233 e. The van der Waals surface area contributed by atoms with Gasteiger partial charge in [0, 0.05) is 12.2 Å². The first-order valence-electron chi connectivity index (χ1n) is 7.82. The Morgan fingerprint density at radius 3 is 2.42 bits per heavy atom. The average Bonchev–Trinajstić information content (AvgIpc) is 2.53. The van der Waals surface area contributed by atoms with Crippen molar-refractivity contribution >= 4 is 17.5 Å². The van der Waals surface area contributed by atoms with Gasteiger partial charge in [-0.15, -0.1) is 0 Å². The fourth-order valence-electron chi connectivity index (χ4n) is 2.27. The first-order chi connectivity index (χ1) is 11.4. The molecule has 0 fully saturated rings. The Hall–Kier alpha value is -2.69. The van der Waals surface area contributed by atoms with Gasteiger partial charge >= 0.3 is 0 Å². The third kappa shape index (κ3) is 5.50. The predicted molar refractivity (Wildman–Crippen MR) is 92.3 cm³/mol. The second kappa shape index (κ2) is 8.24. The first kappa shape index (κ1) is 17.7. The molecule has 0 spiro atoms. The molecule has 2 rings (SSSR count). The van der Waals surface area contributed by atoms with Crippen LogP contribution in [0.3, 0.4) is 0 Å². The van der Waals surface area contributed by atoms with E-state index < -0.39 is 0 Å². The SMILES string of the molecule is Cc1ccc(C)c(NC(=O)CC(=O)NCCc2ccc(F)cc2)c1. The van der Waals surface area contributed by atoms with Crippen LogP contribution in [0, 0.1) is 19.7 Å². The zero-order valence-electron chi connectivity index (χ0n) is 13.9. The second-order valence-corrected chi connectivity index (χ2v) is 5.77. The molecule has 2 aromatic rings. The molecule has 0 atom stereocenters. The summed E-state index contributed by atoms with van der Waals surface area (Å²) in [6.45, 7) is 4.25. The maximum atomic E-state index is 12.8. The summed E-state index contributed by atoms with van der Waals surface area (Å²) in [5.41, 5.74) is 3.64. The molecule has 2 aromatic carbocycles. The molecule has 0 heterocycles. The topological polar surface area (TPSA) is 58.2 Å². The number of hydrogen-bond donors (Lipinski definition) is 2. The molecule has 24 heavy (non-hydrogen) atoms. The molecule has 0 saturated carbocycles. The molecule has 0 saturated heterocycles. The summed E-state index contributed by atoms with van der Waals surface area (Å²) in [6.07, 6.45) is 0.363. The van der Waals surface area contributed by atoms with Crippen molar-refractivity contribution in [3.05, 3.63) is 65.0 Å². The largest absolute Gasteiger partial charge is 0.355 e. The highest BCUT2D eigenvalue weighted by molar-refractivity contribution is 6.03. The summed E-state index contributed by atoms with van der Waals surface area (Å²) in [5, 5.41) is 5.45. The molecular formula is C19H21FN2O2. The average molecular weight is 328 g/mol. The number of aryl methyl sites for hydroxylation is 2. The van der Waals surface area contributed by atoms with E-state index in [-0.39, 0.29) is 24.1 Å². The van der Waals surface area contributed by atoms with Crippen LogP contribution in [0.25, 0.3) is 0 Å². The highest BCUT2D eigenvalue weighted by Gasteiger charge is 2.10. The van der Waals surface area contributed by atoms with E-state index in [1.54, 1.807) is 12.1 Å². The first-order valence-corrected chi connectivity index (χ1v) is 7.82. The van der Waals surface area contributed by atoms with Crippen LogP contribution in [0.5, 0.6) is 0 Å². The molecule has 0 unspecified atom stereocenters. The van der Waals surface area contributed by atoms with E-state index in [0.29, 0.717) is 13.0 Å². The lowest BCUT2D eigenvalue weighted by Crippen LogP contribution is -2.29. The van der Waals surface area contributed by atoms with Crippen LogP contribution >= 0.6 is 0 Å². The molecule has 126 valence electrons. The van der Waals surface area contributed by atoms with E-state index in [4.69, 9.17) is 0 Å². The quantitative estimate of drug-likeness (QED) is 0.801. The minimum Gasteiger partial charge on any atom is -0.355 e. The van der Waals surface area contributed by atoms with Crippen LogP contribution in [0.15, 0.2) is 42.5 Å². The van der Waals surface area contributed by atoms with Crippen molar-refractivity contribution in [2.45, 2.75) is 26.7 Å². The zero-order valence-corrected chi connectivity index (χ0v) is 13.9. The Bertz CT molecular complexity index is 727. The third-order valence-corrected chi connectivity index (χ3v) is 3.64. The summed E-state index contributed by atoms with van der Waals surface area (Å²) >= 11 is 0. The van der Waals surface area contributed by atoms with Gasteiger partial charge in [-0.25, -0.2) is 4.39 Å². The molecule has 0 radical (unpaired) electrons. The maximum absolute atomic E-state index is 12.8. The van der Waals surface area contributed by atoms with E-state index in [9.17, 15) is 14.0 Å². The van der Waals surface area contributed by atoms with E-state index in [2.05, 4.69) is 10.6 Å². The molecule has 4 nitrogen and oxygen atoms in total. The third-order valence-electron chi connectivity index (χ3n) is 3.64. The van der Waals surface area contributed by atoms with Gasteiger partial charge in [0.15, 0.2) is 0 Å².